The lowest BCUT2D eigenvalue weighted by atomic mass is 9.65. The molecule has 11 rings (SSSR count). The summed E-state index contributed by atoms with van der Waals surface area (Å²) in [6, 6.07) is 76.6. The average Bonchev–Trinajstić information content (AvgIpc) is 3.83. The Morgan fingerprint density at radius 2 is 0.921 bits per heavy atom. The second-order valence-electron chi connectivity index (χ2n) is 16.7. The molecule has 0 saturated carbocycles. The summed E-state index contributed by atoms with van der Waals surface area (Å²) in [5, 5.41) is 0. The largest absolute Gasteiger partial charge is 0.310 e. The van der Waals surface area contributed by atoms with E-state index in [0.717, 1.165) is 35.5 Å². The first-order valence-electron chi connectivity index (χ1n) is 22.1. The van der Waals surface area contributed by atoms with Gasteiger partial charge in [-0.2, -0.15) is 0 Å². The van der Waals surface area contributed by atoms with E-state index in [1.165, 1.54) is 66.8 Å². The van der Waals surface area contributed by atoms with Crippen LogP contribution in [0, 0.1) is 0 Å². The summed E-state index contributed by atoms with van der Waals surface area (Å²) >= 11 is 0. The summed E-state index contributed by atoms with van der Waals surface area (Å²) in [6.07, 6.45) is 17.2. The van der Waals surface area contributed by atoms with E-state index in [9.17, 15) is 0 Å². The fraction of sp³-hybridized carbons (Fsp3) is 0.0645. The minimum atomic E-state index is -0.543. The highest BCUT2D eigenvalue weighted by Gasteiger charge is 2.48. The molecule has 0 radical (unpaired) electrons. The lowest BCUT2D eigenvalue weighted by Crippen LogP contribution is -2.30. The lowest BCUT2D eigenvalue weighted by molar-refractivity contribution is 0.693. The van der Waals surface area contributed by atoms with Crippen LogP contribution < -0.4 is 4.90 Å². The SMILES string of the molecule is C=C/C=C\C=C(/c1ccccc1)N(c1ccc2c(c1)C(C1=CC=CCC1)(c1ccccc1)c1ccccc1-2)c1ccc2c(c1)C(c1ccccc1)(c1ccccc1)c1ccccc1-2. The minimum absolute atomic E-state index is 0.464. The van der Waals surface area contributed by atoms with Gasteiger partial charge >= 0.3 is 0 Å². The Bertz CT molecular complexity index is 3070. The van der Waals surface area contributed by atoms with Crippen LogP contribution in [-0.2, 0) is 10.8 Å². The zero-order chi connectivity index (χ0) is 42.2. The molecule has 0 N–H and O–H groups in total. The molecule has 8 aromatic carbocycles. The van der Waals surface area contributed by atoms with E-state index in [4.69, 9.17) is 0 Å². The van der Waals surface area contributed by atoms with Gasteiger partial charge in [-0.15, -0.1) is 0 Å². The van der Waals surface area contributed by atoms with Crippen LogP contribution in [0.5, 0.6) is 0 Å². The molecule has 0 heterocycles. The first-order valence-corrected chi connectivity index (χ1v) is 22.1. The van der Waals surface area contributed by atoms with E-state index in [1.54, 1.807) is 0 Å². The van der Waals surface area contributed by atoms with Crippen LogP contribution in [-0.4, -0.2) is 0 Å². The van der Waals surface area contributed by atoms with E-state index < -0.39 is 10.8 Å². The van der Waals surface area contributed by atoms with Crippen molar-refractivity contribution in [1.29, 1.82) is 0 Å². The van der Waals surface area contributed by atoms with Gasteiger partial charge in [-0.25, -0.2) is 0 Å². The maximum atomic E-state index is 4.03. The molecule has 0 fully saturated rings. The van der Waals surface area contributed by atoms with Gasteiger partial charge in [0.25, 0.3) is 0 Å². The maximum absolute atomic E-state index is 4.03. The molecule has 0 aliphatic heterocycles. The van der Waals surface area contributed by atoms with Crippen molar-refractivity contribution in [2.24, 2.45) is 0 Å². The number of hydrogen-bond acceptors (Lipinski definition) is 1. The fourth-order valence-electron chi connectivity index (χ4n) is 11.0. The Labute approximate surface area is 371 Å². The lowest BCUT2D eigenvalue weighted by Gasteiger charge is -2.38. The number of rotatable bonds is 10. The van der Waals surface area contributed by atoms with Crippen molar-refractivity contribution in [2.75, 3.05) is 4.90 Å². The van der Waals surface area contributed by atoms with Gasteiger partial charge in [-0.1, -0.05) is 231 Å². The van der Waals surface area contributed by atoms with E-state index in [-0.39, 0.29) is 0 Å². The van der Waals surface area contributed by atoms with Crippen molar-refractivity contribution in [3.8, 4) is 22.3 Å². The predicted molar refractivity (Wildman–Crippen MR) is 264 cm³/mol. The molecule has 8 aromatic rings. The van der Waals surface area contributed by atoms with Gasteiger partial charge in [0, 0.05) is 11.4 Å². The maximum Gasteiger partial charge on any atom is 0.0714 e. The van der Waals surface area contributed by atoms with Crippen molar-refractivity contribution in [2.45, 2.75) is 23.7 Å². The third-order valence-corrected chi connectivity index (χ3v) is 13.5. The molecule has 0 aromatic heterocycles. The van der Waals surface area contributed by atoms with Crippen LogP contribution >= 0.6 is 0 Å². The van der Waals surface area contributed by atoms with Crippen LogP contribution in [0.15, 0.2) is 261 Å². The van der Waals surface area contributed by atoms with Crippen molar-refractivity contribution < 1.29 is 0 Å². The zero-order valence-electron chi connectivity index (χ0n) is 35.2. The molecule has 0 bridgehead atoms. The zero-order valence-corrected chi connectivity index (χ0v) is 35.2. The summed E-state index contributed by atoms with van der Waals surface area (Å²) in [6.45, 7) is 4.03. The molecule has 0 saturated heterocycles. The average molecular weight is 806 g/mol. The van der Waals surface area contributed by atoms with E-state index in [1.807, 2.05) is 12.2 Å². The molecule has 1 atom stereocenters. The number of hydrogen-bond donors (Lipinski definition) is 0. The third kappa shape index (κ3) is 5.99. The van der Waals surface area contributed by atoms with Crippen LogP contribution in [0.3, 0.4) is 0 Å². The normalized spacial score (nSPS) is 16.8. The second-order valence-corrected chi connectivity index (χ2v) is 16.7. The van der Waals surface area contributed by atoms with E-state index in [2.05, 4.69) is 248 Å². The molecule has 3 aliphatic carbocycles. The number of anilines is 2. The van der Waals surface area contributed by atoms with Gasteiger partial charge < -0.3 is 4.90 Å². The first-order chi connectivity index (χ1) is 31.2. The van der Waals surface area contributed by atoms with Gasteiger partial charge in [0.05, 0.1) is 16.5 Å². The Morgan fingerprint density at radius 3 is 1.44 bits per heavy atom. The highest BCUT2D eigenvalue weighted by Crippen LogP contribution is 2.60. The second kappa shape index (κ2) is 15.9. The molecule has 3 aliphatic rings. The van der Waals surface area contributed by atoms with Gasteiger partial charge in [0.1, 0.15) is 0 Å². The van der Waals surface area contributed by atoms with Crippen LogP contribution in [0.1, 0.15) is 57.3 Å². The molecular weight excluding hydrogens is 759 g/mol. The molecule has 1 unspecified atom stereocenters. The van der Waals surface area contributed by atoms with Crippen molar-refractivity contribution in [3.63, 3.8) is 0 Å². The number of nitrogens with zero attached hydrogens (tertiary/aromatic N) is 1. The summed E-state index contributed by atoms with van der Waals surface area (Å²) in [7, 11) is 0. The number of benzene rings is 8. The predicted octanol–water partition coefficient (Wildman–Crippen LogP) is 15.6. The standard InChI is InChI=1S/C62H47N/c1-2-3-9-38-60(45-24-10-4-11-25-45)63(50-39-41-54-52-34-20-22-36-56(52)61(58(54)43-50,46-26-12-5-13-27-46)47-28-14-6-15-29-47)51-40-42-55-53-35-21-23-37-57(53)62(59(55)44-51,48-30-16-7-17-31-48)49-32-18-8-19-33-49/h2-18,20-32,34-44H,1,19,33H2/b9-3-,60-38+. The fourth-order valence-corrected chi connectivity index (χ4v) is 11.0. The van der Waals surface area contributed by atoms with Crippen LogP contribution in [0.25, 0.3) is 28.0 Å². The topological polar surface area (TPSA) is 3.24 Å². The minimum Gasteiger partial charge on any atom is -0.310 e. The molecule has 63 heavy (non-hydrogen) atoms. The van der Waals surface area contributed by atoms with Gasteiger partial charge in [-0.05, 0) is 110 Å². The van der Waals surface area contributed by atoms with Crippen LogP contribution in [0.4, 0.5) is 11.4 Å². The smallest absolute Gasteiger partial charge is 0.0714 e. The molecule has 300 valence electrons. The Morgan fingerprint density at radius 1 is 0.460 bits per heavy atom. The molecule has 1 heteroatoms. The van der Waals surface area contributed by atoms with Crippen molar-refractivity contribution in [1.82, 2.24) is 0 Å². The quantitative estimate of drug-likeness (QED) is 0.124. The molecule has 0 amide bonds. The van der Waals surface area contributed by atoms with Crippen molar-refractivity contribution >= 4 is 17.1 Å². The highest BCUT2D eigenvalue weighted by molar-refractivity contribution is 5.95. The number of fused-ring (bicyclic) bond motifs is 6. The molecule has 1 nitrogen and oxygen atoms in total. The summed E-state index contributed by atoms with van der Waals surface area (Å²) in [5.41, 5.74) is 18.9. The van der Waals surface area contributed by atoms with Crippen molar-refractivity contribution in [3.05, 3.63) is 305 Å². The van der Waals surface area contributed by atoms with Crippen LogP contribution in [0.2, 0.25) is 0 Å². The summed E-state index contributed by atoms with van der Waals surface area (Å²) in [4.78, 5) is 2.49. The summed E-state index contributed by atoms with van der Waals surface area (Å²) < 4.78 is 0. The van der Waals surface area contributed by atoms with E-state index in [0.29, 0.717) is 0 Å². The first kappa shape index (κ1) is 38.2. The van der Waals surface area contributed by atoms with E-state index >= 15 is 0 Å². The Hall–Kier alpha value is -7.74. The molecular formula is C62H47N. The highest BCUT2D eigenvalue weighted by atomic mass is 15.1. The van der Waals surface area contributed by atoms with Gasteiger partial charge in [-0.3, -0.25) is 0 Å². The van der Waals surface area contributed by atoms with Gasteiger partial charge in [0.15, 0.2) is 0 Å². The Balaban J connectivity index is 1.22. The third-order valence-electron chi connectivity index (χ3n) is 13.5. The molecule has 0 spiro atoms. The van der Waals surface area contributed by atoms with Gasteiger partial charge in [0.2, 0.25) is 0 Å². The monoisotopic (exact) mass is 805 g/mol. The number of allylic oxidation sites excluding steroid dienone is 8. The summed E-state index contributed by atoms with van der Waals surface area (Å²) in [5.74, 6) is 0. The Kier molecular flexibility index (Phi) is 9.67.